The molecule has 0 saturated heterocycles. The summed E-state index contributed by atoms with van der Waals surface area (Å²) in [4.78, 5) is 10.4. The molecule has 104 valence electrons. The van der Waals surface area contributed by atoms with Crippen LogP contribution in [-0.4, -0.2) is 12.0 Å². The third kappa shape index (κ3) is 4.65. The van der Waals surface area contributed by atoms with Crippen LogP contribution in [0.4, 0.5) is 32.0 Å². The van der Waals surface area contributed by atoms with Crippen LogP contribution in [-0.2, 0) is 11.0 Å². The van der Waals surface area contributed by atoms with Gasteiger partial charge in [-0.15, -0.1) is 0 Å². The van der Waals surface area contributed by atoms with E-state index in [1.165, 1.54) is 6.07 Å². The SMILES string of the molecule is O=C(/C=C/Nc1cccc(C(F)(F)F)c1)C(F)(F)F. The first-order valence-electron chi connectivity index (χ1n) is 4.82. The molecule has 1 rings (SSSR count). The minimum atomic E-state index is -5.01. The maximum atomic E-state index is 12.3. The van der Waals surface area contributed by atoms with Crippen LogP contribution < -0.4 is 5.32 Å². The van der Waals surface area contributed by atoms with Crippen molar-refractivity contribution < 1.29 is 31.1 Å². The van der Waals surface area contributed by atoms with E-state index in [4.69, 9.17) is 0 Å². The van der Waals surface area contributed by atoms with Crippen LogP contribution >= 0.6 is 0 Å². The molecule has 0 unspecified atom stereocenters. The molecule has 0 atom stereocenters. The van der Waals surface area contributed by atoms with Crippen LogP contribution in [0.2, 0.25) is 0 Å². The molecule has 0 spiro atoms. The second-order valence-corrected chi connectivity index (χ2v) is 3.42. The Balaban J connectivity index is 2.74. The fraction of sp³-hybridized carbons (Fsp3) is 0.182. The lowest BCUT2D eigenvalue weighted by Crippen LogP contribution is -2.20. The number of anilines is 1. The second kappa shape index (κ2) is 5.33. The number of hydrogen-bond acceptors (Lipinski definition) is 2. The Labute approximate surface area is 103 Å². The molecule has 0 radical (unpaired) electrons. The van der Waals surface area contributed by atoms with Crippen LogP contribution in [0.1, 0.15) is 5.56 Å². The Bertz CT molecular complexity index is 489. The number of benzene rings is 1. The van der Waals surface area contributed by atoms with Gasteiger partial charge in [-0.2, -0.15) is 26.3 Å². The Hall–Kier alpha value is -1.99. The highest BCUT2D eigenvalue weighted by atomic mass is 19.4. The highest BCUT2D eigenvalue weighted by Gasteiger charge is 2.36. The standard InChI is InChI=1S/C11H7F6NO/c12-10(13,14)7-2-1-3-8(6-7)18-5-4-9(19)11(15,16)17/h1-6,18H/b5-4+. The van der Waals surface area contributed by atoms with Gasteiger partial charge in [0.25, 0.3) is 5.78 Å². The molecule has 0 bridgehead atoms. The quantitative estimate of drug-likeness (QED) is 0.676. The van der Waals surface area contributed by atoms with Crippen molar-refractivity contribution in [2.24, 2.45) is 0 Å². The lowest BCUT2D eigenvalue weighted by molar-refractivity contribution is -0.165. The number of halogens is 6. The Morgan fingerprint density at radius 3 is 2.26 bits per heavy atom. The van der Waals surface area contributed by atoms with Crippen LogP contribution in [0.25, 0.3) is 0 Å². The molecule has 0 aliphatic heterocycles. The van der Waals surface area contributed by atoms with Crippen LogP contribution in [0.15, 0.2) is 36.5 Å². The average Bonchev–Trinajstić information content (AvgIpc) is 2.27. The summed E-state index contributed by atoms with van der Waals surface area (Å²) >= 11 is 0. The zero-order chi connectivity index (χ0) is 14.7. The fourth-order valence-electron chi connectivity index (χ4n) is 1.09. The molecule has 1 aromatic rings. The number of carbonyl (C=O) groups excluding carboxylic acids is 1. The molecule has 0 aliphatic carbocycles. The van der Waals surface area contributed by atoms with Gasteiger partial charge in [-0.05, 0) is 18.2 Å². The first-order chi connectivity index (χ1) is 8.60. The van der Waals surface area contributed by atoms with E-state index in [0.717, 1.165) is 12.1 Å². The normalized spacial score (nSPS) is 12.7. The fourth-order valence-corrected chi connectivity index (χ4v) is 1.09. The van der Waals surface area contributed by atoms with E-state index in [9.17, 15) is 31.1 Å². The van der Waals surface area contributed by atoms with Gasteiger partial charge in [0.2, 0.25) is 0 Å². The van der Waals surface area contributed by atoms with Crippen molar-refractivity contribution in [3.05, 3.63) is 42.1 Å². The van der Waals surface area contributed by atoms with Crippen molar-refractivity contribution in [3.63, 3.8) is 0 Å². The maximum Gasteiger partial charge on any atom is 0.454 e. The number of nitrogens with one attached hydrogen (secondary N) is 1. The minimum Gasteiger partial charge on any atom is -0.362 e. The van der Waals surface area contributed by atoms with Crippen LogP contribution in [0, 0.1) is 0 Å². The van der Waals surface area contributed by atoms with Crippen molar-refractivity contribution in [1.82, 2.24) is 0 Å². The maximum absolute atomic E-state index is 12.3. The Morgan fingerprint density at radius 2 is 1.74 bits per heavy atom. The number of carbonyl (C=O) groups is 1. The molecule has 1 N–H and O–H groups in total. The van der Waals surface area contributed by atoms with Gasteiger partial charge in [-0.1, -0.05) is 6.07 Å². The molecule has 0 fully saturated rings. The molecular weight excluding hydrogens is 276 g/mol. The lowest BCUT2D eigenvalue weighted by atomic mass is 10.2. The van der Waals surface area contributed by atoms with E-state index in [1.807, 2.05) is 0 Å². The molecule has 0 aliphatic rings. The van der Waals surface area contributed by atoms with E-state index >= 15 is 0 Å². The predicted molar refractivity (Wildman–Crippen MR) is 55.3 cm³/mol. The summed E-state index contributed by atoms with van der Waals surface area (Å²) in [5.41, 5.74) is -1.03. The van der Waals surface area contributed by atoms with Gasteiger partial charge in [0.05, 0.1) is 5.56 Å². The molecule has 0 saturated carbocycles. The van der Waals surface area contributed by atoms with E-state index in [0.29, 0.717) is 12.3 Å². The number of ketones is 1. The van der Waals surface area contributed by atoms with Gasteiger partial charge in [-0.25, -0.2) is 0 Å². The molecule has 0 amide bonds. The van der Waals surface area contributed by atoms with Gasteiger partial charge in [0.1, 0.15) is 0 Å². The van der Waals surface area contributed by atoms with Gasteiger partial charge in [-0.3, -0.25) is 4.79 Å². The smallest absolute Gasteiger partial charge is 0.362 e. The summed E-state index contributed by atoms with van der Waals surface area (Å²) < 4.78 is 72.4. The van der Waals surface area contributed by atoms with Crippen LogP contribution in [0.5, 0.6) is 0 Å². The van der Waals surface area contributed by atoms with Crippen molar-refractivity contribution in [1.29, 1.82) is 0 Å². The monoisotopic (exact) mass is 283 g/mol. The van der Waals surface area contributed by atoms with Crippen molar-refractivity contribution >= 4 is 11.5 Å². The summed E-state index contributed by atoms with van der Waals surface area (Å²) in [6.45, 7) is 0. The summed E-state index contributed by atoms with van der Waals surface area (Å²) in [6, 6.07) is 3.83. The molecule has 0 heterocycles. The Morgan fingerprint density at radius 1 is 1.11 bits per heavy atom. The summed E-state index contributed by atoms with van der Waals surface area (Å²) in [5.74, 6) is -2.10. The first kappa shape index (κ1) is 15.1. The average molecular weight is 283 g/mol. The number of rotatable bonds is 3. The molecule has 8 heteroatoms. The van der Waals surface area contributed by atoms with E-state index in [-0.39, 0.29) is 11.8 Å². The van der Waals surface area contributed by atoms with E-state index in [2.05, 4.69) is 5.32 Å². The van der Waals surface area contributed by atoms with Gasteiger partial charge in [0.15, 0.2) is 0 Å². The largest absolute Gasteiger partial charge is 0.454 e. The van der Waals surface area contributed by atoms with Gasteiger partial charge >= 0.3 is 12.4 Å². The topological polar surface area (TPSA) is 29.1 Å². The zero-order valence-corrected chi connectivity index (χ0v) is 9.14. The highest BCUT2D eigenvalue weighted by Crippen LogP contribution is 2.30. The molecule has 2 nitrogen and oxygen atoms in total. The van der Waals surface area contributed by atoms with Crippen LogP contribution in [0.3, 0.4) is 0 Å². The second-order valence-electron chi connectivity index (χ2n) is 3.42. The third-order valence-corrected chi connectivity index (χ3v) is 1.95. The van der Waals surface area contributed by atoms with Gasteiger partial charge in [0, 0.05) is 18.0 Å². The number of alkyl halides is 6. The van der Waals surface area contributed by atoms with Crippen molar-refractivity contribution in [3.8, 4) is 0 Å². The van der Waals surface area contributed by atoms with E-state index in [1.54, 1.807) is 0 Å². The molecule has 1 aromatic carbocycles. The number of allylic oxidation sites excluding steroid dienone is 1. The minimum absolute atomic E-state index is 0.0824. The highest BCUT2D eigenvalue weighted by molar-refractivity contribution is 5.94. The molecule has 0 aromatic heterocycles. The van der Waals surface area contributed by atoms with Gasteiger partial charge < -0.3 is 5.32 Å². The third-order valence-electron chi connectivity index (χ3n) is 1.95. The summed E-state index contributed by atoms with van der Waals surface area (Å²) in [5, 5.41) is 2.16. The predicted octanol–water partition coefficient (Wildman–Crippen LogP) is 3.76. The molecular formula is C11H7F6NO. The first-order valence-corrected chi connectivity index (χ1v) is 4.82. The summed E-state index contributed by atoms with van der Waals surface area (Å²) in [6.07, 6.45) is -8.74. The Kier molecular flexibility index (Phi) is 4.23. The zero-order valence-electron chi connectivity index (χ0n) is 9.14. The van der Waals surface area contributed by atoms with E-state index < -0.39 is 23.7 Å². The lowest BCUT2D eigenvalue weighted by Gasteiger charge is -2.08. The van der Waals surface area contributed by atoms with Crippen molar-refractivity contribution in [2.75, 3.05) is 5.32 Å². The van der Waals surface area contributed by atoms with Crippen molar-refractivity contribution in [2.45, 2.75) is 12.4 Å². The molecule has 19 heavy (non-hydrogen) atoms. The summed E-state index contributed by atoms with van der Waals surface area (Å²) in [7, 11) is 0. The number of hydrogen-bond donors (Lipinski definition) is 1.